The van der Waals surface area contributed by atoms with Gasteiger partial charge in [0.25, 0.3) is 23.5 Å². The Balaban J connectivity index is 0.000000186. The van der Waals surface area contributed by atoms with Crippen molar-refractivity contribution in [1.29, 1.82) is 0 Å². The maximum atomic E-state index is 13.8. The summed E-state index contributed by atoms with van der Waals surface area (Å²) in [4.78, 5) is 110. The molecule has 76 heavy (non-hydrogen) atoms. The van der Waals surface area contributed by atoms with Crippen LogP contribution in [0.4, 0.5) is 23.0 Å². The van der Waals surface area contributed by atoms with E-state index in [0.717, 1.165) is 11.1 Å². The van der Waals surface area contributed by atoms with Crippen LogP contribution in [0.3, 0.4) is 0 Å². The smallest absolute Gasteiger partial charge is 0.337 e. The summed E-state index contributed by atoms with van der Waals surface area (Å²) >= 11 is 0. The number of rotatable bonds is 14. The van der Waals surface area contributed by atoms with Crippen LogP contribution in [0.2, 0.25) is 0 Å². The fourth-order valence-corrected chi connectivity index (χ4v) is 10.2. The molecule has 0 fully saturated rings. The third kappa shape index (κ3) is 9.87. The highest BCUT2D eigenvalue weighted by molar-refractivity contribution is 6.17. The van der Waals surface area contributed by atoms with E-state index in [1.54, 1.807) is 125 Å². The van der Waals surface area contributed by atoms with Gasteiger partial charge in [-0.3, -0.25) is 28.8 Å². The lowest BCUT2D eigenvalue weighted by atomic mass is 10.0. The van der Waals surface area contributed by atoms with E-state index >= 15 is 0 Å². The second-order valence-electron chi connectivity index (χ2n) is 19.3. The number of hydrogen-bond acceptors (Lipinski definition) is 10. The summed E-state index contributed by atoms with van der Waals surface area (Å²) < 4.78 is 3.87. The summed E-state index contributed by atoms with van der Waals surface area (Å²) in [6.07, 6.45) is 4.36. The van der Waals surface area contributed by atoms with Gasteiger partial charge in [0.05, 0.1) is 35.9 Å². The minimum absolute atomic E-state index is 0.210. The molecular weight excluding hydrogens is 965 g/mol. The summed E-state index contributed by atoms with van der Waals surface area (Å²) in [7, 11) is 3.35. The minimum atomic E-state index is -0.841. The van der Waals surface area contributed by atoms with Crippen molar-refractivity contribution in [3.05, 3.63) is 179 Å². The van der Waals surface area contributed by atoms with Gasteiger partial charge >= 0.3 is 11.8 Å². The summed E-state index contributed by atoms with van der Waals surface area (Å²) in [5.74, 6) is -1.19. The first-order chi connectivity index (χ1) is 36.6. The lowest BCUT2D eigenvalue weighted by Gasteiger charge is -2.32. The molecule has 0 saturated carbocycles. The van der Waals surface area contributed by atoms with Crippen molar-refractivity contribution in [3.63, 3.8) is 0 Å². The normalized spacial score (nSPS) is 20.4. The molecule has 18 nitrogen and oxygen atoms in total. The van der Waals surface area contributed by atoms with E-state index in [1.165, 1.54) is 9.80 Å². The molecule has 6 aromatic rings. The molecule has 8 atom stereocenters. The third-order valence-corrected chi connectivity index (χ3v) is 14.7. The predicted octanol–water partition coefficient (Wildman–Crippen LogP) is 3.54. The highest BCUT2D eigenvalue weighted by atomic mass is 16.2. The summed E-state index contributed by atoms with van der Waals surface area (Å²) in [6, 6.07) is 34.0. The number of ketones is 2. The zero-order chi connectivity index (χ0) is 53.9. The Morgan fingerprint density at radius 3 is 1.22 bits per heavy atom. The molecule has 18 heteroatoms. The number of pyridine rings is 2. The molecule has 0 aliphatic carbocycles. The molecule has 4 aliphatic rings. The van der Waals surface area contributed by atoms with Crippen molar-refractivity contribution in [3.8, 4) is 0 Å². The van der Waals surface area contributed by atoms with Crippen LogP contribution in [0.1, 0.15) is 82.7 Å². The average Bonchev–Trinajstić information content (AvgIpc) is 4.10. The largest absolute Gasteiger partial charge is 0.337 e. The Bertz CT molecular complexity index is 3060. The number of anilines is 4. The SMILES string of the molecule is CN[C@@H](C)C(=O)N[C@@H]1C(=O)N2c3c(ccc[n+]3C1C)C[C@@H]2C(=O)Nc1ccccc1C(=O)c1ccccc1.CN[C@@H](C)C(=O)N[C@@H]1C(=O)N2c3c(ccc[n+]3C1C)C[C@H]2C(=O)Nc1ccccc1C(=O)c1ccccc1. The van der Waals surface area contributed by atoms with Gasteiger partial charge in [0, 0.05) is 46.2 Å². The number of amides is 6. The Hall–Kier alpha value is -8.74. The lowest BCUT2D eigenvalue weighted by Crippen LogP contribution is -2.67. The van der Waals surface area contributed by atoms with E-state index in [4.69, 9.17) is 0 Å². The van der Waals surface area contributed by atoms with Crippen LogP contribution in [0.15, 0.2) is 146 Å². The molecule has 6 N–H and O–H groups in total. The maximum Gasteiger partial charge on any atom is 0.337 e. The molecule has 0 saturated heterocycles. The summed E-state index contributed by atoms with van der Waals surface area (Å²) in [6.45, 7) is 7.19. The van der Waals surface area contributed by atoms with Gasteiger partial charge in [0.1, 0.15) is 12.1 Å². The Kier molecular flexibility index (Phi) is 15.1. The monoisotopic (exact) mass is 1020 g/mol. The highest BCUT2D eigenvalue weighted by Crippen LogP contribution is 2.37. The van der Waals surface area contributed by atoms with Gasteiger partial charge in [0.2, 0.25) is 11.8 Å². The Labute approximate surface area is 439 Å². The van der Waals surface area contributed by atoms with Crippen LogP contribution >= 0.6 is 0 Å². The van der Waals surface area contributed by atoms with Gasteiger partial charge in [-0.15, -0.1) is 0 Å². The van der Waals surface area contributed by atoms with E-state index in [-0.39, 0.29) is 47.3 Å². The van der Waals surface area contributed by atoms with Crippen LogP contribution in [-0.2, 0) is 41.6 Å². The molecular formula is C58H60N10O8+2. The number of carbonyl (C=O) groups is 8. The van der Waals surface area contributed by atoms with Crippen molar-refractivity contribution in [2.45, 2.75) is 88.9 Å². The first-order valence-corrected chi connectivity index (χ1v) is 25.3. The number of likely N-dealkylation sites (N-methyl/N-ethyl adjacent to an activating group) is 2. The first-order valence-electron chi connectivity index (χ1n) is 25.3. The molecule has 0 radical (unpaired) electrons. The van der Waals surface area contributed by atoms with Gasteiger partial charge in [0.15, 0.2) is 35.7 Å². The van der Waals surface area contributed by atoms with Crippen molar-refractivity contribution >= 4 is 70.0 Å². The molecule has 388 valence electrons. The molecule has 0 bridgehead atoms. The number of nitrogens with zero attached hydrogens (tertiary/aromatic N) is 4. The number of para-hydroxylation sites is 2. The van der Waals surface area contributed by atoms with Crippen molar-refractivity contribution in [2.75, 3.05) is 34.5 Å². The standard InChI is InChI=1S/2C29H29N5O4/c2*1-17(30-3)26(36)32-24-18(2)33-15-9-12-20-16-23(34(28(20)33)29(24)38)27(37)31-22-14-8-7-13-21(22)25(35)19-10-5-4-6-11-19/h2*4-15,17-18,23-24,30H,16H2,1-3H3,(H-,31,32,35,36,37)/p+2/t17-,18?,23+,24-;17-,18?,23-,24-/m00/s1. The van der Waals surface area contributed by atoms with Crippen LogP contribution in [0.5, 0.6) is 0 Å². The van der Waals surface area contributed by atoms with E-state index in [1.807, 2.05) is 71.8 Å². The van der Waals surface area contributed by atoms with Gasteiger partial charge in [-0.05, 0) is 90.3 Å². The van der Waals surface area contributed by atoms with Crippen molar-refractivity contribution in [1.82, 2.24) is 21.3 Å². The average molecular weight is 1030 g/mol. The number of carbonyl (C=O) groups excluding carboxylic acids is 8. The topological polar surface area (TPSA) is 223 Å². The van der Waals surface area contributed by atoms with Crippen LogP contribution < -0.4 is 50.8 Å². The van der Waals surface area contributed by atoms with Gasteiger partial charge in [-0.1, -0.05) is 84.9 Å². The van der Waals surface area contributed by atoms with E-state index in [9.17, 15) is 38.4 Å². The van der Waals surface area contributed by atoms with Gasteiger partial charge < -0.3 is 31.9 Å². The van der Waals surface area contributed by atoms with Crippen molar-refractivity contribution in [2.24, 2.45) is 0 Å². The molecule has 6 amide bonds. The minimum Gasteiger partial charge on any atom is -0.337 e. The summed E-state index contributed by atoms with van der Waals surface area (Å²) in [5, 5.41) is 17.3. The maximum absolute atomic E-state index is 13.8. The molecule has 2 aromatic heterocycles. The number of aromatic nitrogens is 2. The van der Waals surface area contributed by atoms with Crippen LogP contribution in [-0.4, -0.2) is 97.4 Å². The zero-order valence-corrected chi connectivity index (χ0v) is 42.9. The molecule has 4 aliphatic heterocycles. The molecule has 0 spiro atoms. The predicted molar refractivity (Wildman–Crippen MR) is 283 cm³/mol. The Morgan fingerprint density at radius 2 is 0.855 bits per heavy atom. The third-order valence-electron chi connectivity index (χ3n) is 14.7. The summed E-state index contributed by atoms with van der Waals surface area (Å²) in [5.41, 5.74) is 4.24. The second kappa shape index (κ2) is 22.0. The molecule has 4 aromatic carbocycles. The lowest BCUT2D eigenvalue weighted by molar-refractivity contribution is -0.711. The molecule has 6 heterocycles. The second-order valence-corrected chi connectivity index (χ2v) is 19.3. The van der Waals surface area contributed by atoms with Crippen molar-refractivity contribution < 1.29 is 47.5 Å². The first kappa shape index (κ1) is 52.1. The van der Waals surface area contributed by atoms with Crippen LogP contribution in [0, 0.1) is 0 Å². The quantitative estimate of drug-likeness (QED) is 0.0688. The molecule has 10 rings (SSSR count). The van der Waals surface area contributed by atoms with Gasteiger partial charge in [-0.2, -0.15) is 9.80 Å². The number of hydrogen-bond donors (Lipinski definition) is 6. The highest BCUT2D eigenvalue weighted by Gasteiger charge is 2.57. The number of benzene rings is 4. The number of nitrogens with one attached hydrogen (secondary N) is 6. The van der Waals surface area contributed by atoms with E-state index in [2.05, 4.69) is 31.9 Å². The van der Waals surface area contributed by atoms with Gasteiger partial charge in [-0.25, -0.2) is 18.7 Å². The fraction of sp³-hybridized carbons (Fsp3) is 0.276. The molecule has 2 unspecified atom stereocenters. The van der Waals surface area contributed by atoms with E-state index in [0.29, 0.717) is 58.1 Å². The van der Waals surface area contributed by atoms with Crippen LogP contribution in [0.25, 0.3) is 0 Å². The zero-order valence-electron chi connectivity index (χ0n) is 42.9. The fourth-order valence-electron chi connectivity index (χ4n) is 10.2. The van der Waals surface area contributed by atoms with E-state index < -0.39 is 48.1 Å². The Morgan fingerprint density at radius 1 is 0.500 bits per heavy atom.